The van der Waals surface area contributed by atoms with Crippen molar-refractivity contribution in [3.05, 3.63) is 49.6 Å². The molecule has 28 heavy (non-hydrogen) atoms. The predicted molar refractivity (Wildman–Crippen MR) is 114 cm³/mol. The van der Waals surface area contributed by atoms with Gasteiger partial charge in [0.05, 0.1) is 0 Å². The van der Waals surface area contributed by atoms with Gasteiger partial charge in [-0.3, -0.25) is 9.59 Å². The molecule has 0 aliphatic heterocycles. The van der Waals surface area contributed by atoms with Gasteiger partial charge in [-0.2, -0.15) is 0 Å². The summed E-state index contributed by atoms with van der Waals surface area (Å²) in [5, 5.41) is 0. The van der Waals surface area contributed by atoms with Gasteiger partial charge in [0.1, 0.15) is 11.6 Å². The van der Waals surface area contributed by atoms with E-state index in [0.717, 1.165) is 38.5 Å². The molecular weight excluding hydrogens is 344 g/mol. The van der Waals surface area contributed by atoms with Gasteiger partial charge < -0.3 is 0 Å². The minimum Gasteiger partial charge on any atom is -0.298 e. The van der Waals surface area contributed by atoms with Gasteiger partial charge in [0.2, 0.25) is 0 Å². The predicted octanol–water partition coefficient (Wildman–Crippen LogP) is 5.71. The molecule has 0 N–H and O–H groups in total. The van der Waals surface area contributed by atoms with Crippen LogP contribution < -0.4 is 0 Å². The van der Waals surface area contributed by atoms with Crippen LogP contribution in [-0.4, -0.2) is 11.6 Å². The Hall–Kier alpha value is -1.70. The molecule has 0 heterocycles. The maximum atomic E-state index is 13.1. The molecule has 0 aromatic carbocycles. The van der Waals surface area contributed by atoms with E-state index in [1.165, 1.54) is 0 Å². The fraction of sp³-hybridized carbons (Fsp3) is 0.615. The van der Waals surface area contributed by atoms with Crippen LogP contribution in [0.2, 0.25) is 0 Å². The van der Waals surface area contributed by atoms with Crippen molar-refractivity contribution in [3.8, 4) is 0 Å². The van der Waals surface area contributed by atoms with Crippen LogP contribution in [-0.2, 0) is 9.59 Å². The zero-order chi connectivity index (χ0) is 20.1. The number of hydrogen-bond donors (Lipinski definition) is 0. The highest BCUT2D eigenvalue weighted by Crippen LogP contribution is 2.53. The highest BCUT2D eigenvalue weighted by molar-refractivity contribution is 5.92. The Labute approximate surface area is 169 Å². The number of fused-ring (bicyclic) bond motifs is 4. The molecule has 2 saturated carbocycles. The Balaban J connectivity index is 1.37. The standard InChI is InChI=1S/C26H34O2/c1-5-17-15-19-9-11-21(17)23(27)25(19,3)13-7-8-14-26(4)20-10-12-22(24(26)28)18(6-2)16-20/h5-6,9-12,17-22H,1-2,7-8,13-16H2,3-4H3/t17-,18-,19?,20?,21?,22?,25+,26+/m0/s1. The summed E-state index contributed by atoms with van der Waals surface area (Å²) < 4.78 is 0. The molecule has 6 aliphatic carbocycles. The second-order valence-corrected chi connectivity index (χ2v) is 10.1. The highest BCUT2D eigenvalue weighted by atomic mass is 16.1. The first-order valence-corrected chi connectivity index (χ1v) is 11.1. The van der Waals surface area contributed by atoms with E-state index in [0.29, 0.717) is 35.2 Å². The van der Waals surface area contributed by atoms with E-state index in [1.807, 2.05) is 12.2 Å². The Morgan fingerprint density at radius 3 is 1.54 bits per heavy atom. The SMILES string of the molecule is C=C[C@H]1CC2C=CC1C(=O)[C@]2(C)CCCC[C@@]1(C)C(=O)C2C=CC1C[C@@H]2C=C. The minimum absolute atomic E-state index is 0.0293. The zero-order valence-electron chi connectivity index (χ0n) is 17.4. The van der Waals surface area contributed by atoms with Crippen LogP contribution in [0.5, 0.6) is 0 Å². The third kappa shape index (κ3) is 2.75. The summed E-state index contributed by atoms with van der Waals surface area (Å²) in [6.45, 7) is 12.2. The van der Waals surface area contributed by atoms with E-state index in [4.69, 9.17) is 0 Å². The van der Waals surface area contributed by atoms with Gasteiger partial charge in [-0.05, 0) is 49.4 Å². The van der Waals surface area contributed by atoms with E-state index in [1.54, 1.807) is 0 Å². The van der Waals surface area contributed by atoms with Crippen LogP contribution >= 0.6 is 0 Å². The van der Waals surface area contributed by atoms with Crippen molar-refractivity contribution >= 4 is 11.6 Å². The van der Waals surface area contributed by atoms with E-state index in [-0.39, 0.29) is 22.7 Å². The van der Waals surface area contributed by atoms with Gasteiger partial charge >= 0.3 is 0 Å². The van der Waals surface area contributed by atoms with Crippen molar-refractivity contribution < 1.29 is 9.59 Å². The van der Waals surface area contributed by atoms with Crippen molar-refractivity contribution in [1.82, 2.24) is 0 Å². The molecule has 0 saturated heterocycles. The largest absolute Gasteiger partial charge is 0.298 e. The Kier molecular flexibility index (Phi) is 4.88. The van der Waals surface area contributed by atoms with Crippen LogP contribution in [0.3, 0.4) is 0 Å². The van der Waals surface area contributed by atoms with E-state index < -0.39 is 0 Å². The normalized spacial score (nSPS) is 46.2. The number of rotatable bonds is 7. The molecule has 2 nitrogen and oxygen atoms in total. The maximum absolute atomic E-state index is 13.1. The smallest absolute Gasteiger partial charge is 0.146 e. The second kappa shape index (κ2) is 6.97. The summed E-state index contributed by atoms with van der Waals surface area (Å²) in [7, 11) is 0. The van der Waals surface area contributed by atoms with E-state index in [2.05, 4.69) is 51.3 Å². The van der Waals surface area contributed by atoms with Crippen molar-refractivity contribution in [2.24, 2.45) is 46.3 Å². The quantitative estimate of drug-likeness (QED) is 0.420. The van der Waals surface area contributed by atoms with Gasteiger partial charge in [0.15, 0.2) is 0 Å². The van der Waals surface area contributed by atoms with Crippen LogP contribution in [0.4, 0.5) is 0 Å². The lowest BCUT2D eigenvalue weighted by atomic mass is 9.53. The van der Waals surface area contributed by atoms with Crippen LogP contribution in [0, 0.1) is 46.3 Å². The average Bonchev–Trinajstić information content (AvgIpc) is 2.72. The van der Waals surface area contributed by atoms with Crippen LogP contribution in [0.25, 0.3) is 0 Å². The van der Waals surface area contributed by atoms with E-state index in [9.17, 15) is 9.59 Å². The third-order valence-corrected chi connectivity index (χ3v) is 8.69. The number of ketones is 2. The fourth-order valence-corrected chi connectivity index (χ4v) is 6.55. The number of hydrogen-bond acceptors (Lipinski definition) is 2. The van der Waals surface area contributed by atoms with Gasteiger partial charge in [-0.15, -0.1) is 13.2 Å². The monoisotopic (exact) mass is 378 g/mol. The number of Topliss-reactive ketones (excluding diaryl/α,β-unsaturated/α-hetero) is 2. The van der Waals surface area contributed by atoms with Gasteiger partial charge in [-0.1, -0.05) is 63.1 Å². The summed E-state index contributed by atoms with van der Waals surface area (Å²) >= 11 is 0. The van der Waals surface area contributed by atoms with Gasteiger partial charge in [0.25, 0.3) is 0 Å². The highest BCUT2D eigenvalue weighted by Gasteiger charge is 2.53. The van der Waals surface area contributed by atoms with E-state index >= 15 is 0 Å². The summed E-state index contributed by atoms with van der Waals surface area (Å²) in [5.74, 6) is 2.19. The molecule has 0 aromatic rings. The average molecular weight is 379 g/mol. The second-order valence-electron chi connectivity index (χ2n) is 10.1. The molecule has 150 valence electrons. The Morgan fingerprint density at radius 2 is 1.21 bits per heavy atom. The molecule has 0 spiro atoms. The lowest BCUT2D eigenvalue weighted by molar-refractivity contribution is -0.141. The number of unbranched alkanes of at least 4 members (excludes halogenated alkanes) is 1. The van der Waals surface area contributed by atoms with Crippen LogP contribution in [0.1, 0.15) is 52.4 Å². The summed E-state index contributed by atoms with van der Waals surface area (Å²) in [5.41, 5.74) is -0.466. The molecule has 6 rings (SSSR count). The minimum atomic E-state index is -0.233. The Bertz CT molecular complexity index is 694. The summed E-state index contributed by atoms with van der Waals surface area (Å²) in [6, 6.07) is 0. The van der Waals surface area contributed by atoms with Crippen molar-refractivity contribution in [2.45, 2.75) is 52.4 Å². The lowest BCUT2D eigenvalue weighted by Gasteiger charge is -2.49. The topological polar surface area (TPSA) is 34.1 Å². The molecule has 4 unspecified atom stereocenters. The molecule has 0 amide bonds. The zero-order valence-corrected chi connectivity index (χ0v) is 17.4. The molecule has 8 atom stereocenters. The van der Waals surface area contributed by atoms with Gasteiger partial charge in [-0.25, -0.2) is 0 Å². The van der Waals surface area contributed by atoms with Crippen molar-refractivity contribution in [2.75, 3.05) is 0 Å². The molecule has 2 heteroatoms. The summed E-state index contributed by atoms with van der Waals surface area (Å²) in [4.78, 5) is 26.2. The van der Waals surface area contributed by atoms with Crippen molar-refractivity contribution in [1.29, 1.82) is 0 Å². The first-order valence-electron chi connectivity index (χ1n) is 11.1. The van der Waals surface area contributed by atoms with Gasteiger partial charge in [0, 0.05) is 22.7 Å². The molecule has 0 aromatic heterocycles. The number of carbonyl (C=O) groups is 2. The third-order valence-electron chi connectivity index (χ3n) is 8.69. The first-order chi connectivity index (χ1) is 13.3. The summed E-state index contributed by atoms with van der Waals surface area (Å²) in [6.07, 6.45) is 18.7. The van der Waals surface area contributed by atoms with Crippen LogP contribution in [0.15, 0.2) is 49.6 Å². The fourth-order valence-electron chi connectivity index (χ4n) is 6.55. The molecule has 6 aliphatic rings. The number of carbonyl (C=O) groups excluding carboxylic acids is 2. The number of allylic oxidation sites excluding steroid dienone is 6. The first kappa shape index (κ1) is 19.6. The molecule has 4 bridgehead atoms. The molecular formula is C26H34O2. The molecule has 0 radical (unpaired) electrons. The maximum Gasteiger partial charge on any atom is 0.146 e. The lowest BCUT2D eigenvalue weighted by Crippen LogP contribution is -2.50. The molecule has 2 fully saturated rings. The Morgan fingerprint density at radius 1 is 0.821 bits per heavy atom. The van der Waals surface area contributed by atoms with Crippen molar-refractivity contribution in [3.63, 3.8) is 0 Å².